The molecule has 1 aromatic carbocycles. The van der Waals surface area contributed by atoms with E-state index in [9.17, 15) is 9.90 Å². The van der Waals surface area contributed by atoms with Crippen LogP contribution in [-0.4, -0.2) is 31.8 Å². The van der Waals surface area contributed by atoms with Gasteiger partial charge in [0.1, 0.15) is 11.7 Å². The Morgan fingerprint density at radius 1 is 1.35 bits per heavy atom. The zero-order valence-electron chi connectivity index (χ0n) is 12.0. The molecule has 1 aliphatic heterocycles. The lowest BCUT2D eigenvalue weighted by molar-refractivity contribution is -0.894. The number of hydrogen-bond donors (Lipinski definition) is 2. The predicted octanol–water partition coefficient (Wildman–Crippen LogP) is 0.151. The van der Waals surface area contributed by atoms with Crippen LogP contribution in [0, 0.1) is 0 Å². The molecular weight excluding hydrogens is 280 g/mol. The van der Waals surface area contributed by atoms with Crippen LogP contribution >= 0.6 is 11.6 Å². The SMILES string of the molecule is CC[NH+](CC)CC.O=C([O-])C1Nc2cc(Cl)ccc2O1. The van der Waals surface area contributed by atoms with E-state index in [1.54, 1.807) is 23.1 Å². The second kappa shape index (κ2) is 7.97. The highest BCUT2D eigenvalue weighted by Gasteiger charge is 2.22. The summed E-state index contributed by atoms with van der Waals surface area (Å²) < 4.78 is 4.99. The van der Waals surface area contributed by atoms with Crippen molar-refractivity contribution in [1.29, 1.82) is 0 Å². The Bertz CT molecular complexity index is 445. The van der Waals surface area contributed by atoms with E-state index in [1.807, 2.05) is 0 Å². The molecule has 0 fully saturated rings. The number of aliphatic carboxylic acids is 1. The van der Waals surface area contributed by atoms with Crippen LogP contribution in [0.15, 0.2) is 18.2 Å². The number of anilines is 1. The van der Waals surface area contributed by atoms with E-state index >= 15 is 0 Å². The van der Waals surface area contributed by atoms with Crippen LogP contribution in [0.2, 0.25) is 5.02 Å². The molecule has 0 saturated carbocycles. The van der Waals surface area contributed by atoms with Gasteiger partial charge < -0.3 is 24.9 Å². The summed E-state index contributed by atoms with van der Waals surface area (Å²) in [6, 6.07) is 4.83. The number of nitrogens with one attached hydrogen (secondary N) is 2. The molecular formula is C14H21ClN2O3. The summed E-state index contributed by atoms with van der Waals surface area (Å²) in [6.45, 7) is 10.5. The van der Waals surface area contributed by atoms with E-state index in [1.165, 1.54) is 19.6 Å². The number of rotatable bonds is 4. The van der Waals surface area contributed by atoms with Crippen LogP contribution in [0.4, 0.5) is 5.69 Å². The Morgan fingerprint density at radius 2 is 1.95 bits per heavy atom. The first-order valence-corrected chi connectivity index (χ1v) is 7.16. The Kier molecular flexibility index (Phi) is 6.61. The molecule has 0 aliphatic carbocycles. The number of carbonyl (C=O) groups excluding carboxylic acids is 1. The molecule has 5 nitrogen and oxygen atoms in total. The van der Waals surface area contributed by atoms with Crippen molar-refractivity contribution >= 4 is 23.3 Å². The van der Waals surface area contributed by atoms with Crippen molar-refractivity contribution in [3.8, 4) is 5.75 Å². The molecule has 0 amide bonds. The lowest BCUT2D eigenvalue weighted by atomic mass is 10.3. The average molecular weight is 301 g/mol. The van der Waals surface area contributed by atoms with Crippen molar-refractivity contribution in [1.82, 2.24) is 0 Å². The Morgan fingerprint density at radius 3 is 2.40 bits per heavy atom. The number of quaternary nitrogens is 1. The molecule has 1 unspecified atom stereocenters. The summed E-state index contributed by atoms with van der Waals surface area (Å²) in [5.74, 6) is -0.828. The van der Waals surface area contributed by atoms with Gasteiger partial charge in [0.05, 0.1) is 25.3 Å². The number of carboxylic acids is 1. The molecule has 0 aromatic heterocycles. The molecule has 0 saturated heterocycles. The second-order valence-electron chi connectivity index (χ2n) is 4.41. The van der Waals surface area contributed by atoms with Gasteiger partial charge >= 0.3 is 0 Å². The smallest absolute Gasteiger partial charge is 0.210 e. The van der Waals surface area contributed by atoms with Gasteiger partial charge in [-0.25, -0.2) is 0 Å². The van der Waals surface area contributed by atoms with Gasteiger partial charge in [-0.3, -0.25) is 0 Å². The highest BCUT2D eigenvalue weighted by molar-refractivity contribution is 6.31. The third-order valence-electron chi connectivity index (χ3n) is 3.19. The Balaban J connectivity index is 0.000000246. The summed E-state index contributed by atoms with van der Waals surface area (Å²) in [6.07, 6.45) is -1.12. The molecule has 112 valence electrons. The summed E-state index contributed by atoms with van der Waals surface area (Å²) in [5.41, 5.74) is 0.571. The van der Waals surface area contributed by atoms with Crippen molar-refractivity contribution < 1.29 is 19.5 Å². The molecule has 0 bridgehead atoms. The lowest BCUT2D eigenvalue weighted by Crippen LogP contribution is -3.11. The maximum Gasteiger partial charge on any atom is 0.210 e. The van der Waals surface area contributed by atoms with Crippen LogP contribution < -0.4 is 20.1 Å². The van der Waals surface area contributed by atoms with Crippen molar-refractivity contribution in [2.75, 3.05) is 25.0 Å². The maximum atomic E-state index is 10.4. The van der Waals surface area contributed by atoms with Crippen LogP contribution in [0.3, 0.4) is 0 Å². The minimum absolute atomic E-state index is 0.471. The van der Waals surface area contributed by atoms with Gasteiger partial charge in [-0.2, -0.15) is 0 Å². The largest absolute Gasteiger partial charge is 0.544 e. The summed E-state index contributed by atoms with van der Waals surface area (Å²) in [4.78, 5) is 12.1. The molecule has 0 spiro atoms. The second-order valence-corrected chi connectivity index (χ2v) is 4.85. The first-order valence-electron chi connectivity index (χ1n) is 6.78. The molecule has 0 radical (unpaired) electrons. The molecule has 20 heavy (non-hydrogen) atoms. The first kappa shape index (κ1) is 16.6. The highest BCUT2D eigenvalue weighted by Crippen LogP contribution is 2.33. The lowest BCUT2D eigenvalue weighted by Gasteiger charge is -2.10. The number of carbonyl (C=O) groups is 1. The van der Waals surface area contributed by atoms with Gasteiger partial charge in [0.15, 0.2) is 0 Å². The van der Waals surface area contributed by atoms with Gasteiger partial charge in [0, 0.05) is 5.02 Å². The zero-order chi connectivity index (χ0) is 15.1. The fourth-order valence-electron chi connectivity index (χ4n) is 1.87. The molecule has 2 N–H and O–H groups in total. The average Bonchev–Trinajstić information content (AvgIpc) is 2.84. The van der Waals surface area contributed by atoms with Crippen molar-refractivity contribution in [2.45, 2.75) is 27.0 Å². The molecule has 1 heterocycles. The Hall–Kier alpha value is -1.46. The monoisotopic (exact) mass is 300 g/mol. The summed E-state index contributed by atoms with van der Waals surface area (Å²) in [7, 11) is 0. The fourth-order valence-corrected chi connectivity index (χ4v) is 2.04. The van der Waals surface area contributed by atoms with E-state index in [0.717, 1.165) is 0 Å². The summed E-state index contributed by atoms with van der Waals surface area (Å²) >= 11 is 5.69. The minimum Gasteiger partial charge on any atom is -0.544 e. The van der Waals surface area contributed by atoms with Gasteiger partial charge in [0.2, 0.25) is 6.23 Å². The number of hydrogen-bond acceptors (Lipinski definition) is 4. The quantitative estimate of drug-likeness (QED) is 0.831. The Labute approximate surface area is 124 Å². The van der Waals surface area contributed by atoms with E-state index in [2.05, 4.69) is 26.1 Å². The van der Waals surface area contributed by atoms with Crippen molar-refractivity contribution in [3.05, 3.63) is 23.2 Å². The predicted molar refractivity (Wildman–Crippen MR) is 77.1 cm³/mol. The number of carboxylic acid groups (broad SMARTS) is 1. The minimum atomic E-state index is -1.30. The van der Waals surface area contributed by atoms with Gasteiger partial charge in [-0.1, -0.05) is 11.6 Å². The number of fused-ring (bicyclic) bond motifs is 1. The normalized spacial score (nSPS) is 15.8. The van der Waals surface area contributed by atoms with Crippen LogP contribution in [0.1, 0.15) is 20.8 Å². The van der Waals surface area contributed by atoms with E-state index in [0.29, 0.717) is 16.5 Å². The number of halogens is 1. The van der Waals surface area contributed by atoms with Gasteiger partial charge in [-0.15, -0.1) is 0 Å². The third kappa shape index (κ3) is 4.58. The molecule has 1 atom stereocenters. The maximum absolute atomic E-state index is 10.4. The number of ether oxygens (including phenoxy) is 1. The molecule has 1 aromatic rings. The molecule has 2 rings (SSSR count). The van der Waals surface area contributed by atoms with E-state index in [4.69, 9.17) is 16.3 Å². The van der Waals surface area contributed by atoms with E-state index in [-0.39, 0.29) is 0 Å². The topological polar surface area (TPSA) is 65.8 Å². The standard InChI is InChI=1S/C8H6ClNO3.C6H15N/c9-4-1-2-6-5(3-4)10-7(13-6)8(11)12;1-4-7(5-2)6-3/h1-3,7,10H,(H,11,12);4-6H2,1-3H3. The van der Waals surface area contributed by atoms with Crippen LogP contribution in [0.5, 0.6) is 5.75 Å². The van der Waals surface area contributed by atoms with Crippen molar-refractivity contribution in [2.24, 2.45) is 0 Å². The van der Waals surface area contributed by atoms with E-state index < -0.39 is 12.2 Å². The first-order chi connectivity index (χ1) is 9.51. The number of benzene rings is 1. The fraction of sp³-hybridized carbons (Fsp3) is 0.500. The van der Waals surface area contributed by atoms with Crippen molar-refractivity contribution in [3.63, 3.8) is 0 Å². The zero-order valence-corrected chi connectivity index (χ0v) is 12.8. The van der Waals surface area contributed by atoms with Gasteiger partial charge in [-0.05, 0) is 39.0 Å². The van der Waals surface area contributed by atoms with Crippen LogP contribution in [-0.2, 0) is 4.79 Å². The molecule has 1 aliphatic rings. The van der Waals surface area contributed by atoms with Gasteiger partial charge in [0.25, 0.3) is 0 Å². The third-order valence-corrected chi connectivity index (χ3v) is 3.42. The summed E-state index contributed by atoms with van der Waals surface area (Å²) in [5, 5.41) is 13.6. The highest BCUT2D eigenvalue weighted by atomic mass is 35.5. The molecule has 6 heteroatoms. The van der Waals surface area contributed by atoms with Crippen LogP contribution in [0.25, 0.3) is 0 Å².